The number of hydrogen-bond acceptors (Lipinski definition) is 6. The monoisotopic (exact) mass is 521 g/mol. The van der Waals surface area contributed by atoms with Crippen LogP contribution < -0.4 is 9.47 Å². The average molecular weight is 520 g/mol. The van der Waals surface area contributed by atoms with Crippen LogP contribution in [-0.4, -0.2) is 36.0 Å². The second-order valence-corrected chi connectivity index (χ2v) is 5.64. The molecule has 6 nitrogen and oxygen atoms in total. The first-order valence-electron chi connectivity index (χ1n) is 8.08. The van der Waals surface area contributed by atoms with E-state index in [1.165, 1.54) is 38.5 Å². The van der Waals surface area contributed by atoms with Crippen LogP contribution in [-0.2, 0) is 9.59 Å². The summed E-state index contributed by atoms with van der Waals surface area (Å²) in [4.78, 5) is 23.9. The van der Waals surface area contributed by atoms with Gasteiger partial charge in [0.05, 0.1) is 20.6 Å². The van der Waals surface area contributed by atoms with Gasteiger partial charge in [0.15, 0.2) is 34.6 Å². The summed E-state index contributed by atoms with van der Waals surface area (Å²) in [6, 6.07) is 9.34. The largest absolute Gasteiger partial charge is 0.504 e. The molecule has 147 valence electrons. The number of carbonyl (C=O) groups is 2. The first-order valence-corrected chi connectivity index (χ1v) is 8.08. The van der Waals surface area contributed by atoms with Crippen molar-refractivity contribution in [3.05, 3.63) is 59.7 Å². The minimum absolute atomic E-state index is 0. The van der Waals surface area contributed by atoms with E-state index in [1.807, 2.05) is 0 Å². The van der Waals surface area contributed by atoms with Gasteiger partial charge in [-0.3, -0.25) is 9.59 Å². The van der Waals surface area contributed by atoms with Crippen LogP contribution in [0.3, 0.4) is 0 Å². The zero-order valence-electron chi connectivity index (χ0n) is 15.4. The topological polar surface area (TPSA) is 93.1 Å². The Labute approximate surface area is 204 Å². The van der Waals surface area contributed by atoms with Crippen LogP contribution in [0.2, 0.25) is 0 Å². The number of rotatable bonds is 8. The molecule has 7 heteroatoms. The molecule has 2 aromatic carbocycles. The Balaban J connectivity index is 0.00000392. The number of hydrogen-bond donors (Lipinski definition) is 2. The molecule has 0 heterocycles. The van der Waals surface area contributed by atoms with E-state index in [0.29, 0.717) is 22.6 Å². The molecule has 1 radical (unpaired) electrons. The van der Waals surface area contributed by atoms with Crippen LogP contribution >= 0.6 is 0 Å². The summed E-state index contributed by atoms with van der Waals surface area (Å²) in [5, 5.41) is 19.1. The van der Waals surface area contributed by atoms with Crippen molar-refractivity contribution in [2.45, 2.75) is 6.42 Å². The minimum Gasteiger partial charge on any atom is -0.504 e. The predicted octanol–water partition coefficient (Wildman–Crippen LogP) is 3.37. The molecule has 0 saturated heterocycles. The Morgan fingerprint density at radius 1 is 0.821 bits per heavy atom. The molecule has 2 rings (SSSR count). The second-order valence-electron chi connectivity index (χ2n) is 5.64. The quantitative estimate of drug-likeness (QED) is 0.410. The molecule has 2 N–H and O–H groups in total. The van der Waals surface area contributed by atoms with Crippen molar-refractivity contribution in [1.82, 2.24) is 0 Å². The Morgan fingerprint density at radius 2 is 1.21 bits per heavy atom. The minimum atomic E-state index is -0.347. The standard InChI is InChI=1S/C21H20O6.Eu/c1-26-20-11-14(5-9-18(20)24)3-7-16(22)13-17(23)8-4-15-6-10-19(25)21(12-15)27-2;/h3-12,24-25H,13H2,1-2H3;/b7-3+,8-4+;. The smallest absolute Gasteiger partial charge is 0.163 e. The molecule has 28 heavy (non-hydrogen) atoms. The Kier molecular flexibility index (Phi) is 10.1. The van der Waals surface area contributed by atoms with Crippen molar-refractivity contribution in [3.63, 3.8) is 0 Å². The average Bonchev–Trinajstić information content (AvgIpc) is 2.66. The molecule has 0 bridgehead atoms. The van der Waals surface area contributed by atoms with Crippen molar-refractivity contribution < 1.29 is 78.7 Å². The van der Waals surface area contributed by atoms with E-state index < -0.39 is 0 Å². The molecule has 0 aliphatic rings. The molecule has 0 fully saturated rings. The third-order valence-corrected chi connectivity index (χ3v) is 3.68. The number of carbonyl (C=O) groups excluding carboxylic acids is 2. The number of methoxy groups -OCH3 is 2. The normalized spacial score (nSPS) is 10.6. The van der Waals surface area contributed by atoms with Crippen LogP contribution in [0.25, 0.3) is 12.2 Å². The van der Waals surface area contributed by atoms with Gasteiger partial charge in [0.2, 0.25) is 0 Å². The molecule has 0 aliphatic heterocycles. The van der Waals surface area contributed by atoms with E-state index in [1.54, 1.807) is 36.4 Å². The van der Waals surface area contributed by atoms with Gasteiger partial charge in [-0.2, -0.15) is 0 Å². The van der Waals surface area contributed by atoms with E-state index in [4.69, 9.17) is 9.47 Å². The van der Waals surface area contributed by atoms with Crippen molar-refractivity contribution in [2.24, 2.45) is 0 Å². The number of ether oxygens (including phenoxy) is 2. The molecule has 0 aromatic heterocycles. The first-order chi connectivity index (χ1) is 12.9. The van der Waals surface area contributed by atoms with Gasteiger partial charge in [-0.15, -0.1) is 0 Å². The number of allylic oxidation sites excluding steroid dienone is 2. The maximum atomic E-state index is 11.9. The van der Waals surface area contributed by atoms with E-state index in [2.05, 4.69) is 0 Å². The van der Waals surface area contributed by atoms with Crippen molar-refractivity contribution in [1.29, 1.82) is 0 Å². The number of phenols is 2. The van der Waals surface area contributed by atoms with Crippen LogP contribution in [0, 0.1) is 49.4 Å². The summed E-state index contributed by atoms with van der Waals surface area (Å²) in [6.07, 6.45) is 5.44. The fraction of sp³-hybridized carbons (Fsp3) is 0.143. The first kappa shape index (κ1) is 24.1. The molecular weight excluding hydrogens is 500 g/mol. The predicted molar refractivity (Wildman–Crippen MR) is 102 cm³/mol. The van der Waals surface area contributed by atoms with Gasteiger partial charge in [-0.25, -0.2) is 0 Å². The maximum absolute atomic E-state index is 11.9. The van der Waals surface area contributed by atoms with Gasteiger partial charge in [0, 0.05) is 49.4 Å². The Hall–Kier alpha value is -1.96. The third kappa shape index (κ3) is 7.22. The van der Waals surface area contributed by atoms with Crippen molar-refractivity contribution in [3.8, 4) is 23.0 Å². The van der Waals surface area contributed by atoms with Gasteiger partial charge in [0.1, 0.15) is 0 Å². The van der Waals surface area contributed by atoms with Gasteiger partial charge in [-0.1, -0.05) is 24.3 Å². The van der Waals surface area contributed by atoms with Gasteiger partial charge < -0.3 is 19.7 Å². The van der Waals surface area contributed by atoms with E-state index in [0.717, 1.165) is 0 Å². The van der Waals surface area contributed by atoms with Gasteiger partial charge in [-0.05, 0) is 47.5 Å². The summed E-state index contributed by atoms with van der Waals surface area (Å²) in [7, 11) is 2.87. The number of phenolic OH excluding ortho intramolecular Hbond substituents is 2. The molecule has 0 saturated carbocycles. The van der Waals surface area contributed by atoms with E-state index >= 15 is 0 Å². The van der Waals surface area contributed by atoms with Crippen LogP contribution in [0.1, 0.15) is 17.5 Å². The molecular formula is C21H20EuO6. The second kappa shape index (κ2) is 11.8. The Morgan fingerprint density at radius 3 is 1.57 bits per heavy atom. The molecule has 0 spiro atoms. The summed E-state index contributed by atoms with van der Waals surface area (Å²) >= 11 is 0. The number of ketones is 2. The van der Waals surface area contributed by atoms with E-state index in [-0.39, 0.29) is 78.9 Å². The number of aromatic hydroxyl groups is 2. The van der Waals surface area contributed by atoms with Crippen LogP contribution in [0.4, 0.5) is 0 Å². The molecule has 0 atom stereocenters. The third-order valence-electron chi connectivity index (χ3n) is 3.68. The zero-order valence-corrected chi connectivity index (χ0v) is 17.8. The fourth-order valence-electron chi connectivity index (χ4n) is 2.26. The Bertz CT molecular complexity index is 828. The SMILES string of the molecule is COc1cc(/C=C/C(=O)CC(=O)/C=C/c2ccc(O)c(OC)c2)ccc1O.[Eu]. The molecule has 0 unspecified atom stereocenters. The van der Waals surface area contributed by atoms with Crippen molar-refractivity contribution >= 4 is 23.7 Å². The molecule has 0 aliphatic carbocycles. The zero-order chi connectivity index (χ0) is 19.8. The van der Waals surface area contributed by atoms with Crippen molar-refractivity contribution in [2.75, 3.05) is 14.2 Å². The summed E-state index contributed by atoms with van der Waals surface area (Å²) in [5.41, 5.74) is 1.33. The van der Waals surface area contributed by atoms with Crippen LogP contribution in [0.15, 0.2) is 48.6 Å². The van der Waals surface area contributed by atoms with Gasteiger partial charge in [0.25, 0.3) is 0 Å². The summed E-state index contributed by atoms with van der Waals surface area (Å²) in [6.45, 7) is 0. The van der Waals surface area contributed by atoms with Crippen LogP contribution in [0.5, 0.6) is 23.0 Å². The molecule has 2 aromatic rings. The summed E-state index contributed by atoms with van der Waals surface area (Å²) in [5.74, 6) is -0.0832. The number of benzene rings is 2. The van der Waals surface area contributed by atoms with E-state index in [9.17, 15) is 19.8 Å². The maximum Gasteiger partial charge on any atom is 0.163 e. The van der Waals surface area contributed by atoms with Gasteiger partial charge >= 0.3 is 0 Å². The molecule has 0 amide bonds. The summed E-state index contributed by atoms with van der Waals surface area (Å²) < 4.78 is 10.00. The fourth-order valence-corrected chi connectivity index (χ4v) is 2.26.